The fraction of sp³-hybridized carbons (Fsp3) is 0.0769. The zero-order chi connectivity index (χ0) is 12.8. The summed E-state index contributed by atoms with van der Waals surface area (Å²) in [5.41, 5.74) is 0.597. The molecule has 1 unspecified atom stereocenters. The topological polar surface area (TPSA) is 35.5 Å². The van der Waals surface area contributed by atoms with Crippen molar-refractivity contribution in [2.45, 2.75) is 6.61 Å². The molecule has 94 valence electrons. The molecule has 2 aromatic rings. The Kier molecular flexibility index (Phi) is 4.44. The van der Waals surface area contributed by atoms with Crippen molar-refractivity contribution in [2.75, 3.05) is 0 Å². The second-order valence-electron chi connectivity index (χ2n) is 3.49. The van der Waals surface area contributed by atoms with Gasteiger partial charge in [0, 0.05) is 0 Å². The highest BCUT2D eigenvalue weighted by Gasteiger charge is 2.04. The molecule has 2 aromatic carbocycles. The van der Waals surface area contributed by atoms with Crippen molar-refractivity contribution in [1.82, 2.24) is 0 Å². The molecule has 0 N–H and O–H groups in total. The first-order valence-electron chi connectivity index (χ1n) is 5.27. The smallest absolute Gasteiger partial charge is 0.360 e. The van der Waals surface area contributed by atoms with E-state index in [1.54, 1.807) is 36.4 Å². The summed E-state index contributed by atoms with van der Waals surface area (Å²) in [6.45, 7) is 0.0250. The molecule has 5 heteroatoms. The van der Waals surface area contributed by atoms with E-state index in [0.29, 0.717) is 11.3 Å². The van der Waals surface area contributed by atoms with Gasteiger partial charge < -0.3 is 4.18 Å². The van der Waals surface area contributed by atoms with Crippen LogP contribution in [0.1, 0.15) is 5.56 Å². The molecule has 2 rings (SSSR count). The average molecular weight is 266 g/mol. The summed E-state index contributed by atoms with van der Waals surface area (Å²) >= 11 is -1.90. The van der Waals surface area contributed by atoms with Crippen LogP contribution in [0.4, 0.5) is 4.39 Å². The molecule has 0 aliphatic heterocycles. The van der Waals surface area contributed by atoms with Gasteiger partial charge in [0.15, 0.2) is 0 Å². The number of hydrogen-bond acceptors (Lipinski definition) is 3. The molecule has 0 spiro atoms. The molecule has 0 aliphatic carbocycles. The zero-order valence-electron chi connectivity index (χ0n) is 9.41. The maximum absolute atomic E-state index is 12.9. The van der Waals surface area contributed by atoms with Gasteiger partial charge in [0.1, 0.15) is 11.6 Å². The van der Waals surface area contributed by atoms with Gasteiger partial charge in [0.2, 0.25) is 0 Å². The van der Waals surface area contributed by atoms with Crippen molar-refractivity contribution in [1.29, 1.82) is 0 Å². The van der Waals surface area contributed by atoms with Crippen LogP contribution in [0.5, 0.6) is 5.75 Å². The van der Waals surface area contributed by atoms with Crippen molar-refractivity contribution in [3.63, 3.8) is 0 Å². The van der Waals surface area contributed by atoms with Crippen molar-refractivity contribution in [2.24, 2.45) is 0 Å². The highest BCUT2D eigenvalue weighted by Crippen LogP contribution is 2.12. The first-order valence-corrected chi connectivity index (χ1v) is 6.27. The minimum Gasteiger partial charge on any atom is -0.380 e. The lowest BCUT2D eigenvalue weighted by Gasteiger charge is -2.04. The van der Waals surface area contributed by atoms with Crippen molar-refractivity contribution < 1.29 is 17.0 Å². The summed E-state index contributed by atoms with van der Waals surface area (Å²) in [6, 6.07) is 14.6. The van der Waals surface area contributed by atoms with E-state index < -0.39 is 11.4 Å². The predicted octanol–water partition coefficient (Wildman–Crippen LogP) is 3.00. The Balaban J connectivity index is 1.85. The Hall–Kier alpha value is -1.72. The molecule has 0 amide bonds. The Bertz CT molecular complexity index is 531. The van der Waals surface area contributed by atoms with E-state index in [2.05, 4.69) is 0 Å². The number of rotatable bonds is 5. The second-order valence-corrected chi connectivity index (χ2v) is 4.30. The van der Waals surface area contributed by atoms with Crippen LogP contribution < -0.4 is 4.18 Å². The molecule has 0 radical (unpaired) electrons. The number of hydrogen-bond donors (Lipinski definition) is 0. The highest BCUT2D eigenvalue weighted by atomic mass is 32.2. The number of para-hydroxylation sites is 1. The summed E-state index contributed by atoms with van der Waals surface area (Å²) < 4.78 is 34.3. The minimum absolute atomic E-state index is 0.0250. The summed E-state index contributed by atoms with van der Waals surface area (Å²) in [5.74, 6) is 0.0981. The lowest BCUT2D eigenvalue weighted by molar-refractivity contribution is 0.300. The summed E-state index contributed by atoms with van der Waals surface area (Å²) in [7, 11) is 0. The Morgan fingerprint density at radius 3 is 2.56 bits per heavy atom. The van der Waals surface area contributed by atoms with Crippen LogP contribution in [0.3, 0.4) is 0 Å². The third-order valence-corrected chi connectivity index (χ3v) is 2.76. The SMILES string of the molecule is O=S(OCc1cccc(F)c1)Oc1ccccc1. The molecule has 0 saturated heterocycles. The van der Waals surface area contributed by atoms with E-state index in [1.165, 1.54) is 12.1 Å². The van der Waals surface area contributed by atoms with E-state index in [1.807, 2.05) is 6.07 Å². The van der Waals surface area contributed by atoms with E-state index in [0.717, 1.165) is 0 Å². The number of halogens is 1. The van der Waals surface area contributed by atoms with Gasteiger partial charge in [-0.2, -0.15) is 4.21 Å². The van der Waals surface area contributed by atoms with Crippen LogP contribution in [0.15, 0.2) is 54.6 Å². The largest absolute Gasteiger partial charge is 0.380 e. The summed E-state index contributed by atoms with van der Waals surface area (Å²) in [6.07, 6.45) is 0. The molecular weight excluding hydrogens is 255 g/mol. The fourth-order valence-electron chi connectivity index (χ4n) is 1.32. The van der Waals surface area contributed by atoms with E-state index in [4.69, 9.17) is 8.37 Å². The molecule has 18 heavy (non-hydrogen) atoms. The lowest BCUT2D eigenvalue weighted by atomic mass is 10.2. The van der Waals surface area contributed by atoms with E-state index in [9.17, 15) is 8.60 Å². The molecule has 3 nitrogen and oxygen atoms in total. The van der Waals surface area contributed by atoms with E-state index >= 15 is 0 Å². The van der Waals surface area contributed by atoms with E-state index in [-0.39, 0.29) is 12.4 Å². The first kappa shape index (κ1) is 12.7. The van der Waals surface area contributed by atoms with Crippen LogP contribution in [0.2, 0.25) is 0 Å². The molecular formula is C13H11FO3S. The van der Waals surface area contributed by atoms with Gasteiger partial charge in [0.25, 0.3) is 0 Å². The third kappa shape index (κ3) is 3.94. The Morgan fingerprint density at radius 2 is 1.83 bits per heavy atom. The predicted molar refractivity (Wildman–Crippen MR) is 66.4 cm³/mol. The third-order valence-electron chi connectivity index (χ3n) is 2.12. The van der Waals surface area contributed by atoms with Crippen molar-refractivity contribution >= 4 is 11.4 Å². The maximum Gasteiger partial charge on any atom is 0.360 e. The van der Waals surface area contributed by atoms with Crippen LogP contribution in [-0.2, 0) is 22.2 Å². The van der Waals surface area contributed by atoms with Crippen molar-refractivity contribution in [3.05, 3.63) is 66.0 Å². The van der Waals surface area contributed by atoms with Crippen LogP contribution in [0, 0.1) is 5.82 Å². The minimum atomic E-state index is -1.90. The zero-order valence-corrected chi connectivity index (χ0v) is 10.2. The van der Waals surface area contributed by atoms with Crippen LogP contribution >= 0.6 is 0 Å². The standard InChI is InChI=1S/C13H11FO3S/c14-12-6-4-5-11(9-12)10-16-18(15)17-13-7-2-1-3-8-13/h1-9H,10H2. The van der Waals surface area contributed by atoms with Gasteiger partial charge in [-0.3, -0.25) is 4.18 Å². The molecule has 0 aromatic heterocycles. The molecule has 0 saturated carbocycles. The van der Waals surface area contributed by atoms with Crippen LogP contribution in [0.25, 0.3) is 0 Å². The van der Waals surface area contributed by atoms with Gasteiger partial charge in [-0.1, -0.05) is 30.3 Å². The van der Waals surface area contributed by atoms with Gasteiger partial charge in [-0.15, -0.1) is 0 Å². The molecule has 1 atom stereocenters. The Morgan fingerprint density at radius 1 is 1.06 bits per heavy atom. The normalized spacial score (nSPS) is 12.1. The van der Waals surface area contributed by atoms with Crippen molar-refractivity contribution in [3.8, 4) is 5.75 Å². The highest BCUT2D eigenvalue weighted by molar-refractivity contribution is 7.75. The quantitative estimate of drug-likeness (QED) is 0.834. The van der Waals surface area contributed by atoms with Gasteiger partial charge in [-0.05, 0) is 29.8 Å². The molecule has 0 aliphatic rings. The maximum atomic E-state index is 12.9. The Labute approximate surface area is 107 Å². The lowest BCUT2D eigenvalue weighted by Crippen LogP contribution is -2.05. The molecule has 0 fully saturated rings. The fourth-order valence-corrected chi connectivity index (χ4v) is 1.87. The van der Waals surface area contributed by atoms with Gasteiger partial charge in [0.05, 0.1) is 6.61 Å². The number of benzene rings is 2. The first-order chi connectivity index (χ1) is 8.74. The van der Waals surface area contributed by atoms with Gasteiger partial charge >= 0.3 is 11.4 Å². The van der Waals surface area contributed by atoms with Gasteiger partial charge in [-0.25, -0.2) is 4.39 Å². The van der Waals surface area contributed by atoms with Crippen LogP contribution in [-0.4, -0.2) is 4.21 Å². The summed E-state index contributed by atoms with van der Waals surface area (Å²) in [4.78, 5) is 0. The molecule has 0 bridgehead atoms. The average Bonchev–Trinajstić information content (AvgIpc) is 2.38. The monoisotopic (exact) mass is 266 g/mol. The molecule has 0 heterocycles. The summed E-state index contributed by atoms with van der Waals surface area (Å²) in [5, 5.41) is 0. The second kappa shape index (κ2) is 6.28.